The Labute approximate surface area is 204 Å². The smallest absolute Gasteiger partial charge is 0.220 e. The maximum absolute atomic E-state index is 12.4. The SMILES string of the molecule is COc1cccc(-c2nnc(SCCCC(=O)NC(C)c3ccccc3)n2-c2ccccc2)c1. The highest BCUT2D eigenvalue weighted by atomic mass is 32.2. The first-order valence-electron chi connectivity index (χ1n) is 11.3. The molecule has 0 bridgehead atoms. The van der Waals surface area contributed by atoms with Gasteiger partial charge in [-0.3, -0.25) is 9.36 Å². The molecular formula is C27H28N4O2S. The van der Waals surface area contributed by atoms with E-state index in [4.69, 9.17) is 4.74 Å². The molecule has 34 heavy (non-hydrogen) atoms. The highest BCUT2D eigenvalue weighted by Crippen LogP contribution is 2.30. The number of carbonyl (C=O) groups is 1. The van der Waals surface area contributed by atoms with Gasteiger partial charge in [-0.25, -0.2) is 0 Å². The molecule has 6 nitrogen and oxygen atoms in total. The van der Waals surface area contributed by atoms with Crippen molar-refractivity contribution in [3.05, 3.63) is 90.5 Å². The molecule has 0 radical (unpaired) electrons. The first-order valence-corrected chi connectivity index (χ1v) is 12.3. The molecule has 1 unspecified atom stereocenters. The Balaban J connectivity index is 1.42. The predicted molar refractivity (Wildman–Crippen MR) is 136 cm³/mol. The van der Waals surface area contributed by atoms with Crippen molar-refractivity contribution in [2.24, 2.45) is 0 Å². The van der Waals surface area contributed by atoms with E-state index in [-0.39, 0.29) is 11.9 Å². The molecule has 0 fully saturated rings. The lowest BCUT2D eigenvalue weighted by molar-refractivity contribution is -0.121. The molecule has 0 aliphatic carbocycles. The summed E-state index contributed by atoms with van der Waals surface area (Å²) < 4.78 is 7.44. The molecule has 4 aromatic rings. The maximum Gasteiger partial charge on any atom is 0.220 e. The van der Waals surface area contributed by atoms with E-state index < -0.39 is 0 Å². The zero-order chi connectivity index (χ0) is 23.8. The summed E-state index contributed by atoms with van der Waals surface area (Å²) in [6.45, 7) is 2.00. The second-order valence-corrected chi connectivity index (χ2v) is 8.92. The average Bonchev–Trinajstić information content (AvgIpc) is 3.31. The number of hydrogen-bond donors (Lipinski definition) is 1. The Hall–Kier alpha value is -3.58. The van der Waals surface area contributed by atoms with Gasteiger partial charge in [0.15, 0.2) is 11.0 Å². The summed E-state index contributed by atoms with van der Waals surface area (Å²) in [6.07, 6.45) is 1.21. The number of hydrogen-bond acceptors (Lipinski definition) is 5. The van der Waals surface area contributed by atoms with E-state index in [2.05, 4.69) is 20.1 Å². The van der Waals surface area contributed by atoms with Gasteiger partial charge < -0.3 is 10.1 Å². The van der Waals surface area contributed by atoms with Crippen molar-refractivity contribution in [2.75, 3.05) is 12.9 Å². The normalized spacial score (nSPS) is 11.7. The van der Waals surface area contributed by atoms with Gasteiger partial charge in [0, 0.05) is 23.4 Å². The highest BCUT2D eigenvalue weighted by molar-refractivity contribution is 7.99. The van der Waals surface area contributed by atoms with Crippen molar-refractivity contribution >= 4 is 17.7 Å². The van der Waals surface area contributed by atoms with Crippen molar-refractivity contribution < 1.29 is 9.53 Å². The Morgan fingerprint density at radius 2 is 1.74 bits per heavy atom. The summed E-state index contributed by atoms with van der Waals surface area (Å²) >= 11 is 1.60. The van der Waals surface area contributed by atoms with E-state index in [1.165, 1.54) is 0 Å². The van der Waals surface area contributed by atoms with Crippen molar-refractivity contribution in [1.29, 1.82) is 0 Å². The zero-order valence-corrected chi connectivity index (χ0v) is 20.2. The number of methoxy groups -OCH3 is 1. The van der Waals surface area contributed by atoms with Crippen LogP contribution in [0.2, 0.25) is 0 Å². The number of aromatic nitrogens is 3. The van der Waals surface area contributed by atoms with Gasteiger partial charge in [-0.05, 0) is 43.2 Å². The van der Waals surface area contributed by atoms with Gasteiger partial charge in [0.05, 0.1) is 13.2 Å². The van der Waals surface area contributed by atoms with Crippen LogP contribution in [0.15, 0.2) is 90.1 Å². The minimum Gasteiger partial charge on any atom is -0.497 e. The number of thioether (sulfide) groups is 1. The third kappa shape index (κ3) is 5.85. The maximum atomic E-state index is 12.4. The van der Waals surface area contributed by atoms with Gasteiger partial charge in [-0.15, -0.1) is 10.2 Å². The summed E-state index contributed by atoms with van der Waals surface area (Å²) in [7, 11) is 1.65. The van der Waals surface area contributed by atoms with Gasteiger partial charge >= 0.3 is 0 Å². The van der Waals surface area contributed by atoms with E-state index in [1.807, 2.05) is 91.9 Å². The van der Waals surface area contributed by atoms with Crippen molar-refractivity contribution in [1.82, 2.24) is 20.1 Å². The molecule has 1 heterocycles. The third-order valence-corrected chi connectivity index (χ3v) is 6.45. The fourth-order valence-electron chi connectivity index (χ4n) is 3.66. The predicted octanol–water partition coefficient (Wildman–Crippen LogP) is 5.69. The molecule has 3 aromatic carbocycles. The number of para-hydroxylation sites is 1. The van der Waals surface area contributed by atoms with Crippen LogP contribution in [0.5, 0.6) is 5.75 Å². The number of amides is 1. The molecule has 1 atom stereocenters. The topological polar surface area (TPSA) is 69.0 Å². The summed E-state index contributed by atoms with van der Waals surface area (Å²) in [5.74, 6) is 2.33. The van der Waals surface area contributed by atoms with Crippen LogP contribution in [0, 0.1) is 0 Å². The molecule has 0 aliphatic heterocycles. The van der Waals surface area contributed by atoms with E-state index in [1.54, 1.807) is 18.9 Å². The Bertz CT molecular complexity index is 1210. The number of benzene rings is 3. The number of nitrogens with zero attached hydrogens (tertiary/aromatic N) is 3. The lowest BCUT2D eigenvalue weighted by Gasteiger charge is -2.14. The van der Waals surface area contributed by atoms with E-state index in [9.17, 15) is 4.79 Å². The first-order chi connectivity index (χ1) is 16.7. The fraction of sp³-hybridized carbons (Fsp3) is 0.222. The van der Waals surface area contributed by atoms with Crippen LogP contribution in [0.25, 0.3) is 17.1 Å². The van der Waals surface area contributed by atoms with Gasteiger partial charge in [0.2, 0.25) is 5.91 Å². The van der Waals surface area contributed by atoms with Crippen LogP contribution in [0.4, 0.5) is 0 Å². The molecule has 174 valence electrons. The molecule has 0 saturated carbocycles. The van der Waals surface area contributed by atoms with Crippen LogP contribution in [-0.4, -0.2) is 33.5 Å². The van der Waals surface area contributed by atoms with Crippen LogP contribution >= 0.6 is 11.8 Å². The molecular weight excluding hydrogens is 444 g/mol. The molecule has 1 amide bonds. The number of nitrogens with one attached hydrogen (secondary N) is 1. The van der Waals surface area contributed by atoms with Gasteiger partial charge in [0.1, 0.15) is 5.75 Å². The number of rotatable bonds is 10. The first kappa shape index (κ1) is 23.6. The summed E-state index contributed by atoms with van der Waals surface area (Å²) in [4.78, 5) is 12.4. The molecule has 7 heteroatoms. The summed E-state index contributed by atoms with van der Waals surface area (Å²) in [5, 5.41) is 12.8. The van der Waals surface area contributed by atoms with Crippen molar-refractivity contribution in [3.63, 3.8) is 0 Å². The summed E-state index contributed by atoms with van der Waals surface area (Å²) in [5.41, 5.74) is 3.02. The lowest BCUT2D eigenvalue weighted by Crippen LogP contribution is -2.26. The zero-order valence-electron chi connectivity index (χ0n) is 19.3. The van der Waals surface area contributed by atoms with Gasteiger partial charge in [0.25, 0.3) is 0 Å². The van der Waals surface area contributed by atoms with Crippen LogP contribution in [0.1, 0.15) is 31.4 Å². The van der Waals surface area contributed by atoms with E-state index >= 15 is 0 Å². The Kier molecular flexibility index (Phi) is 7.99. The third-order valence-electron chi connectivity index (χ3n) is 5.43. The van der Waals surface area contributed by atoms with E-state index in [0.717, 1.165) is 45.7 Å². The summed E-state index contributed by atoms with van der Waals surface area (Å²) in [6, 6.07) is 27.8. The van der Waals surface area contributed by atoms with Crippen LogP contribution in [-0.2, 0) is 4.79 Å². The largest absolute Gasteiger partial charge is 0.497 e. The lowest BCUT2D eigenvalue weighted by atomic mass is 10.1. The number of carbonyl (C=O) groups excluding carboxylic acids is 1. The average molecular weight is 473 g/mol. The minimum atomic E-state index is -0.00652. The molecule has 1 aromatic heterocycles. The van der Waals surface area contributed by atoms with Crippen LogP contribution < -0.4 is 10.1 Å². The van der Waals surface area contributed by atoms with E-state index in [0.29, 0.717) is 6.42 Å². The van der Waals surface area contributed by atoms with Crippen LogP contribution in [0.3, 0.4) is 0 Å². The molecule has 0 aliphatic rings. The number of ether oxygens (including phenoxy) is 1. The molecule has 4 rings (SSSR count). The Morgan fingerprint density at radius 3 is 2.47 bits per heavy atom. The van der Waals surface area contributed by atoms with Gasteiger partial charge in [-0.2, -0.15) is 0 Å². The molecule has 0 saturated heterocycles. The second kappa shape index (κ2) is 11.5. The van der Waals surface area contributed by atoms with Crippen molar-refractivity contribution in [3.8, 4) is 22.8 Å². The van der Waals surface area contributed by atoms with Gasteiger partial charge in [-0.1, -0.05) is 72.4 Å². The standard InChI is InChI=1S/C27H28N4O2S/c1-20(21-11-5-3-6-12-21)28-25(32)17-10-18-34-27-30-29-26(22-13-9-16-24(19-22)33-2)31(27)23-14-7-4-8-15-23/h3-9,11-16,19-20H,10,17-18H2,1-2H3,(H,28,32). The minimum absolute atomic E-state index is 0.00652. The Morgan fingerprint density at radius 1 is 1.00 bits per heavy atom. The monoisotopic (exact) mass is 472 g/mol. The van der Waals surface area contributed by atoms with Crippen molar-refractivity contribution in [2.45, 2.75) is 31.0 Å². The second-order valence-electron chi connectivity index (χ2n) is 7.86. The molecule has 0 spiro atoms. The fourth-order valence-corrected chi connectivity index (χ4v) is 4.55. The highest BCUT2D eigenvalue weighted by Gasteiger charge is 2.17. The molecule has 1 N–H and O–H groups in total. The quantitative estimate of drug-likeness (QED) is 0.237.